The molecule has 0 fully saturated rings. The maximum Gasteiger partial charge on any atom is 0.411 e. The standard InChI is InChI=1S/C18H26N2O3/c1-3-10-19(2)11-4-5-13-23-16-8-9-17-15(14-16)7-6-12-20(17)18(21)22/h3,8-9,14H,1,4-7,10-13H2,2H3,(H,21,22). The number of amides is 1. The van der Waals surface area contributed by atoms with Gasteiger partial charge in [0.25, 0.3) is 0 Å². The van der Waals surface area contributed by atoms with Gasteiger partial charge in [0.2, 0.25) is 0 Å². The van der Waals surface area contributed by atoms with Gasteiger partial charge in [-0.15, -0.1) is 6.58 Å². The third kappa shape index (κ3) is 4.99. The molecule has 0 aliphatic carbocycles. The Kier molecular flexibility index (Phi) is 6.47. The quantitative estimate of drug-likeness (QED) is 0.589. The molecule has 1 heterocycles. The molecule has 0 atom stereocenters. The lowest BCUT2D eigenvalue weighted by Gasteiger charge is -2.27. The molecule has 0 saturated carbocycles. The molecule has 1 aliphatic rings. The zero-order valence-corrected chi connectivity index (χ0v) is 13.8. The number of hydrogen-bond donors (Lipinski definition) is 1. The van der Waals surface area contributed by atoms with E-state index in [4.69, 9.17) is 4.74 Å². The molecule has 5 nitrogen and oxygen atoms in total. The van der Waals surface area contributed by atoms with E-state index in [1.165, 1.54) is 4.90 Å². The Morgan fingerprint density at radius 2 is 2.30 bits per heavy atom. The van der Waals surface area contributed by atoms with Crippen LogP contribution in [-0.4, -0.2) is 49.4 Å². The topological polar surface area (TPSA) is 53.0 Å². The molecule has 126 valence electrons. The van der Waals surface area contributed by atoms with E-state index in [0.29, 0.717) is 13.2 Å². The van der Waals surface area contributed by atoms with E-state index in [-0.39, 0.29) is 0 Å². The van der Waals surface area contributed by atoms with Gasteiger partial charge in [0, 0.05) is 13.1 Å². The van der Waals surface area contributed by atoms with E-state index in [1.54, 1.807) is 0 Å². The van der Waals surface area contributed by atoms with Crippen LogP contribution in [-0.2, 0) is 6.42 Å². The Hall–Kier alpha value is -2.01. The molecule has 1 amide bonds. The van der Waals surface area contributed by atoms with Gasteiger partial charge in [-0.3, -0.25) is 4.90 Å². The third-order valence-electron chi connectivity index (χ3n) is 4.04. The third-order valence-corrected chi connectivity index (χ3v) is 4.04. The molecule has 0 saturated heterocycles. The van der Waals surface area contributed by atoms with Crippen molar-refractivity contribution in [1.29, 1.82) is 0 Å². The van der Waals surface area contributed by atoms with Crippen LogP contribution in [0, 0.1) is 0 Å². The summed E-state index contributed by atoms with van der Waals surface area (Å²) in [4.78, 5) is 14.9. The highest BCUT2D eigenvalue weighted by Gasteiger charge is 2.22. The number of carbonyl (C=O) groups is 1. The number of fused-ring (bicyclic) bond motifs is 1. The van der Waals surface area contributed by atoms with Crippen LogP contribution in [0.2, 0.25) is 0 Å². The van der Waals surface area contributed by atoms with Gasteiger partial charge in [0.15, 0.2) is 0 Å². The lowest BCUT2D eigenvalue weighted by molar-refractivity contribution is 0.201. The number of nitrogens with zero attached hydrogens (tertiary/aromatic N) is 2. The molecule has 1 aromatic rings. The fourth-order valence-corrected chi connectivity index (χ4v) is 2.85. The molecule has 1 N–H and O–H groups in total. The van der Waals surface area contributed by atoms with Crippen LogP contribution >= 0.6 is 0 Å². The smallest absolute Gasteiger partial charge is 0.411 e. The Balaban J connectivity index is 1.81. The van der Waals surface area contributed by atoms with Gasteiger partial charge in [-0.25, -0.2) is 4.79 Å². The van der Waals surface area contributed by atoms with Crippen LogP contribution in [0.1, 0.15) is 24.8 Å². The molecule has 23 heavy (non-hydrogen) atoms. The number of benzene rings is 1. The van der Waals surface area contributed by atoms with Crippen molar-refractivity contribution in [3.05, 3.63) is 36.4 Å². The first-order valence-corrected chi connectivity index (χ1v) is 8.17. The molecule has 0 radical (unpaired) electrons. The van der Waals surface area contributed by atoms with E-state index in [0.717, 1.165) is 55.8 Å². The van der Waals surface area contributed by atoms with E-state index >= 15 is 0 Å². The van der Waals surface area contributed by atoms with Gasteiger partial charge < -0.3 is 14.7 Å². The number of anilines is 1. The summed E-state index contributed by atoms with van der Waals surface area (Å²) in [5.74, 6) is 0.829. The fraction of sp³-hybridized carbons (Fsp3) is 0.500. The molecular weight excluding hydrogens is 292 g/mol. The van der Waals surface area contributed by atoms with Crippen LogP contribution in [0.4, 0.5) is 10.5 Å². The fourth-order valence-electron chi connectivity index (χ4n) is 2.85. The highest BCUT2D eigenvalue weighted by Crippen LogP contribution is 2.30. The minimum Gasteiger partial charge on any atom is -0.494 e. The van der Waals surface area contributed by atoms with E-state index in [2.05, 4.69) is 18.5 Å². The number of hydrogen-bond acceptors (Lipinski definition) is 3. The molecular formula is C18H26N2O3. The zero-order valence-electron chi connectivity index (χ0n) is 13.8. The Morgan fingerprint density at radius 1 is 1.48 bits per heavy atom. The second-order valence-electron chi connectivity index (χ2n) is 5.93. The number of likely N-dealkylation sites (N-methyl/N-ethyl adjacent to an activating group) is 1. The van der Waals surface area contributed by atoms with Crippen molar-refractivity contribution in [3.63, 3.8) is 0 Å². The SMILES string of the molecule is C=CCN(C)CCCCOc1ccc2c(c1)CCCN2C(=O)O. The van der Waals surface area contributed by atoms with Crippen molar-refractivity contribution in [3.8, 4) is 5.75 Å². The summed E-state index contributed by atoms with van der Waals surface area (Å²) in [7, 11) is 2.08. The van der Waals surface area contributed by atoms with E-state index in [9.17, 15) is 9.90 Å². The number of ether oxygens (including phenoxy) is 1. The Bertz CT molecular complexity index is 545. The molecule has 0 bridgehead atoms. The maximum atomic E-state index is 11.2. The number of carboxylic acid groups (broad SMARTS) is 1. The second-order valence-corrected chi connectivity index (χ2v) is 5.93. The van der Waals surface area contributed by atoms with Crippen LogP contribution < -0.4 is 9.64 Å². The first-order chi connectivity index (χ1) is 11.1. The minimum absolute atomic E-state index is 0.570. The second kappa shape index (κ2) is 8.58. The van der Waals surface area contributed by atoms with Crippen molar-refractivity contribution in [1.82, 2.24) is 4.90 Å². The van der Waals surface area contributed by atoms with Crippen molar-refractivity contribution in [2.45, 2.75) is 25.7 Å². The lowest BCUT2D eigenvalue weighted by Crippen LogP contribution is -2.34. The van der Waals surface area contributed by atoms with Crippen LogP contribution in [0.15, 0.2) is 30.9 Å². The van der Waals surface area contributed by atoms with Crippen molar-refractivity contribution >= 4 is 11.8 Å². The molecule has 1 aliphatic heterocycles. The summed E-state index contributed by atoms with van der Waals surface area (Å²) in [6.45, 7) is 6.93. The minimum atomic E-state index is -0.886. The molecule has 0 aromatic heterocycles. The van der Waals surface area contributed by atoms with E-state index in [1.807, 2.05) is 24.3 Å². The predicted octanol–water partition coefficient (Wildman–Crippen LogP) is 3.39. The van der Waals surface area contributed by atoms with Gasteiger partial charge in [-0.1, -0.05) is 6.08 Å². The summed E-state index contributed by atoms with van der Waals surface area (Å²) in [5.41, 5.74) is 1.85. The van der Waals surface area contributed by atoms with Gasteiger partial charge in [0.1, 0.15) is 5.75 Å². The summed E-state index contributed by atoms with van der Waals surface area (Å²) in [5, 5.41) is 9.22. The van der Waals surface area contributed by atoms with Crippen molar-refractivity contribution in [2.24, 2.45) is 0 Å². The first kappa shape index (κ1) is 17.3. The highest BCUT2D eigenvalue weighted by atomic mass is 16.5. The van der Waals surface area contributed by atoms with Gasteiger partial charge in [0.05, 0.1) is 12.3 Å². The highest BCUT2D eigenvalue weighted by molar-refractivity contribution is 5.87. The maximum absolute atomic E-state index is 11.2. The molecule has 1 aromatic carbocycles. The predicted molar refractivity (Wildman–Crippen MR) is 92.6 cm³/mol. The normalized spacial score (nSPS) is 13.7. The molecule has 0 unspecified atom stereocenters. The zero-order chi connectivity index (χ0) is 16.7. The van der Waals surface area contributed by atoms with Crippen LogP contribution in [0.5, 0.6) is 5.75 Å². The van der Waals surface area contributed by atoms with Crippen LogP contribution in [0.3, 0.4) is 0 Å². The molecule has 5 heteroatoms. The number of unbranched alkanes of at least 4 members (excludes halogenated alkanes) is 1. The lowest BCUT2D eigenvalue weighted by atomic mass is 10.0. The average Bonchev–Trinajstić information content (AvgIpc) is 2.54. The van der Waals surface area contributed by atoms with E-state index < -0.39 is 6.09 Å². The average molecular weight is 318 g/mol. The first-order valence-electron chi connectivity index (χ1n) is 8.17. The molecule has 2 rings (SSSR count). The Labute approximate surface area is 138 Å². The largest absolute Gasteiger partial charge is 0.494 e. The summed E-state index contributed by atoms with van der Waals surface area (Å²) >= 11 is 0. The van der Waals surface area contributed by atoms with Crippen LogP contribution in [0.25, 0.3) is 0 Å². The molecule has 0 spiro atoms. The van der Waals surface area contributed by atoms with Gasteiger partial charge in [-0.2, -0.15) is 0 Å². The van der Waals surface area contributed by atoms with Gasteiger partial charge >= 0.3 is 6.09 Å². The Morgan fingerprint density at radius 3 is 3.04 bits per heavy atom. The van der Waals surface area contributed by atoms with Crippen molar-refractivity contribution < 1.29 is 14.6 Å². The summed E-state index contributed by atoms with van der Waals surface area (Å²) < 4.78 is 5.80. The van der Waals surface area contributed by atoms with Crippen molar-refractivity contribution in [2.75, 3.05) is 38.2 Å². The summed E-state index contributed by atoms with van der Waals surface area (Å²) in [6, 6.07) is 5.70. The van der Waals surface area contributed by atoms with Gasteiger partial charge in [-0.05, 0) is 63.0 Å². The summed E-state index contributed by atoms with van der Waals surface area (Å²) in [6.07, 6.45) is 4.87. The monoisotopic (exact) mass is 318 g/mol. The number of rotatable bonds is 8. The number of aryl methyl sites for hydroxylation is 1.